The summed E-state index contributed by atoms with van der Waals surface area (Å²) in [6, 6.07) is 5.06. The van der Waals surface area contributed by atoms with E-state index in [1.54, 1.807) is 6.07 Å². The van der Waals surface area contributed by atoms with E-state index in [0.717, 1.165) is 19.4 Å². The Kier molecular flexibility index (Phi) is 5.14. The van der Waals surface area contributed by atoms with Gasteiger partial charge in [0.25, 0.3) is 0 Å². The predicted octanol–water partition coefficient (Wildman–Crippen LogP) is 3.98. The lowest BCUT2D eigenvalue weighted by Crippen LogP contribution is -2.33. The van der Waals surface area contributed by atoms with Crippen LogP contribution in [0.1, 0.15) is 43.7 Å². The summed E-state index contributed by atoms with van der Waals surface area (Å²) in [6.45, 7) is 2.96. The highest BCUT2D eigenvalue weighted by molar-refractivity contribution is 5.53. The van der Waals surface area contributed by atoms with Crippen LogP contribution in [0.3, 0.4) is 0 Å². The second kappa shape index (κ2) is 6.69. The normalized spacial score (nSPS) is 16.4. The SMILES string of the molecule is CCN(c1ccc(CCN)c(C(F)(F)F)c1)C1CCCC1. The minimum Gasteiger partial charge on any atom is -0.369 e. The zero-order valence-corrected chi connectivity index (χ0v) is 12.4. The zero-order chi connectivity index (χ0) is 15.5. The third-order valence-electron chi connectivity index (χ3n) is 4.25. The van der Waals surface area contributed by atoms with E-state index in [1.807, 2.05) is 13.0 Å². The molecule has 5 heteroatoms. The average molecular weight is 300 g/mol. The van der Waals surface area contributed by atoms with Gasteiger partial charge in [0.1, 0.15) is 0 Å². The summed E-state index contributed by atoms with van der Waals surface area (Å²) in [7, 11) is 0. The first-order valence-corrected chi connectivity index (χ1v) is 7.64. The number of hydrogen-bond donors (Lipinski definition) is 1. The topological polar surface area (TPSA) is 29.3 Å². The van der Waals surface area contributed by atoms with E-state index < -0.39 is 11.7 Å². The molecule has 1 aliphatic rings. The number of halogens is 3. The molecule has 2 N–H and O–H groups in total. The van der Waals surface area contributed by atoms with Gasteiger partial charge in [-0.1, -0.05) is 18.9 Å². The molecule has 0 unspecified atom stereocenters. The molecular weight excluding hydrogens is 277 g/mol. The van der Waals surface area contributed by atoms with Gasteiger partial charge in [-0.05, 0) is 50.4 Å². The van der Waals surface area contributed by atoms with Crippen LogP contribution in [0, 0.1) is 0 Å². The molecule has 1 saturated carbocycles. The fraction of sp³-hybridized carbons (Fsp3) is 0.625. The lowest BCUT2D eigenvalue weighted by molar-refractivity contribution is -0.138. The molecule has 0 heterocycles. The Morgan fingerprint density at radius 1 is 1.24 bits per heavy atom. The first-order valence-electron chi connectivity index (χ1n) is 7.64. The van der Waals surface area contributed by atoms with Gasteiger partial charge in [-0.25, -0.2) is 0 Å². The van der Waals surface area contributed by atoms with Crippen LogP contribution in [0.5, 0.6) is 0 Å². The number of rotatable bonds is 5. The summed E-state index contributed by atoms with van der Waals surface area (Å²) in [5.74, 6) is 0. The Hall–Kier alpha value is -1.23. The van der Waals surface area contributed by atoms with Crippen LogP contribution in [-0.4, -0.2) is 19.1 Å². The Labute approximate surface area is 124 Å². The van der Waals surface area contributed by atoms with E-state index in [2.05, 4.69) is 4.90 Å². The van der Waals surface area contributed by atoms with E-state index in [9.17, 15) is 13.2 Å². The summed E-state index contributed by atoms with van der Waals surface area (Å²) < 4.78 is 39.7. The second-order valence-corrected chi connectivity index (χ2v) is 5.60. The van der Waals surface area contributed by atoms with Gasteiger partial charge in [-0.3, -0.25) is 0 Å². The van der Waals surface area contributed by atoms with Crippen molar-refractivity contribution in [3.05, 3.63) is 29.3 Å². The highest BCUT2D eigenvalue weighted by Crippen LogP contribution is 2.36. The standard InChI is InChI=1S/C16H23F3N2/c1-2-21(13-5-3-4-6-13)14-8-7-12(9-10-20)15(11-14)16(17,18)19/h7-8,11,13H,2-6,9-10,20H2,1H3. The molecule has 1 aromatic rings. The van der Waals surface area contributed by atoms with Gasteiger partial charge in [-0.2, -0.15) is 13.2 Å². The van der Waals surface area contributed by atoms with Crippen molar-refractivity contribution in [3.8, 4) is 0 Å². The van der Waals surface area contributed by atoms with Crippen molar-refractivity contribution in [1.82, 2.24) is 0 Å². The summed E-state index contributed by atoms with van der Waals surface area (Å²) in [4.78, 5) is 2.11. The molecule has 118 valence electrons. The van der Waals surface area contributed by atoms with Crippen LogP contribution in [0.15, 0.2) is 18.2 Å². The first kappa shape index (κ1) is 16.1. The molecule has 1 aromatic carbocycles. The molecule has 1 fully saturated rings. The van der Waals surface area contributed by atoms with Gasteiger partial charge in [0.05, 0.1) is 5.56 Å². The molecule has 1 aliphatic carbocycles. The van der Waals surface area contributed by atoms with E-state index in [4.69, 9.17) is 5.73 Å². The highest BCUT2D eigenvalue weighted by atomic mass is 19.4. The van der Waals surface area contributed by atoms with Gasteiger partial charge < -0.3 is 10.6 Å². The van der Waals surface area contributed by atoms with Crippen molar-refractivity contribution in [3.63, 3.8) is 0 Å². The Bertz CT molecular complexity index is 465. The van der Waals surface area contributed by atoms with Gasteiger partial charge in [0.2, 0.25) is 0 Å². The molecule has 2 nitrogen and oxygen atoms in total. The molecular formula is C16H23F3N2. The van der Waals surface area contributed by atoms with Crippen LogP contribution in [0.25, 0.3) is 0 Å². The summed E-state index contributed by atoms with van der Waals surface area (Å²) >= 11 is 0. The number of hydrogen-bond acceptors (Lipinski definition) is 2. The van der Waals surface area contributed by atoms with Crippen LogP contribution >= 0.6 is 0 Å². The smallest absolute Gasteiger partial charge is 0.369 e. The van der Waals surface area contributed by atoms with Crippen LogP contribution in [0.4, 0.5) is 18.9 Å². The Morgan fingerprint density at radius 2 is 1.90 bits per heavy atom. The molecule has 0 bridgehead atoms. The number of alkyl halides is 3. The minimum atomic E-state index is -4.32. The third-order valence-corrected chi connectivity index (χ3v) is 4.25. The van der Waals surface area contributed by atoms with Crippen LogP contribution in [0.2, 0.25) is 0 Å². The zero-order valence-electron chi connectivity index (χ0n) is 12.4. The number of nitrogens with zero attached hydrogens (tertiary/aromatic N) is 1. The fourth-order valence-electron chi connectivity index (χ4n) is 3.25. The second-order valence-electron chi connectivity index (χ2n) is 5.60. The van der Waals surface area contributed by atoms with Crippen molar-refractivity contribution in [1.29, 1.82) is 0 Å². The van der Waals surface area contributed by atoms with Crippen molar-refractivity contribution in [2.45, 2.75) is 51.2 Å². The van der Waals surface area contributed by atoms with E-state index in [1.165, 1.54) is 18.9 Å². The summed E-state index contributed by atoms with van der Waals surface area (Å²) in [6.07, 6.45) is 0.400. The monoisotopic (exact) mass is 300 g/mol. The molecule has 2 rings (SSSR count). The molecule has 0 atom stereocenters. The van der Waals surface area contributed by atoms with Crippen LogP contribution < -0.4 is 10.6 Å². The Balaban J connectivity index is 2.35. The molecule has 0 aliphatic heterocycles. The van der Waals surface area contributed by atoms with Crippen molar-refractivity contribution < 1.29 is 13.2 Å². The molecule has 0 amide bonds. The van der Waals surface area contributed by atoms with Gasteiger partial charge >= 0.3 is 6.18 Å². The highest BCUT2D eigenvalue weighted by Gasteiger charge is 2.34. The maximum atomic E-state index is 13.2. The fourth-order valence-corrected chi connectivity index (χ4v) is 3.25. The van der Waals surface area contributed by atoms with Crippen molar-refractivity contribution in [2.75, 3.05) is 18.0 Å². The maximum absolute atomic E-state index is 13.2. The number of anilines is 1. The van der Waals surface area contributed by atoms with Gasteiger partial charge in [-0.15, -0.1) is 0 Å². The van der Waals surface area contributed by atoms with E-state index >= 15 is 0 Å². The van der Waals surface area contributed by atoms with Crippen molar-refractivity contribution in [2.24, 2.45) is 5.73 Å². The lowest BCUT2D eigenvalue weighted by atomic mass is 10.0. The number of nitrogens with two attached hydrogens (primary N) is 1. The van der Waals surface area contributed by atoms with Crippen LogP contribution in [-0.2, 0) is 12.6 Å². The summed E-state index contributed by atoms with van der Waals surface area (Å²) in [5.41, 5.74) is 5.85. The van der Waals surface area contributed by atoms with Gasteiger partial charge in [0.15, 0.2) is 0 Å². The Morgan fingerprint density at radius 3 is 2.43 bits per heavy atom. The quantitative estimate of drug-likeness (QED) is 0.891. The molecule has 0 aromatic heterocycles. The third kappa shape index (κ3) is 3.70. The molecule has 21 heavy (non-hydrogen) atoms. The average Bonchev–Trinajstić information content (AvgIpc) is 2.94. The largest absolute Gasteiger partial charge is 0.416 e. The molecule has 0 saturated heterocycles. The predicted molar refractivity (Wildman–Crippen MR) is 79.5 cm³/mol. The van der Waals surface area contributed by atoms with Gasteiger partial charge in [0, 0.05) is 18.3 Å². The molecule has 0 radical (unpaired) electrons. The van der Waals surface area contributed by atoms with E-state index in [0.29, 0.717) is 11.7 Å². The first-order chi connectivity index (χ1) is 9.97. The molecule has 0 spiro atoms. The lowest BCUT2D eigenvalue weighted by Gasteiger charge is -2.31. The number of benzene rings is 1. The minimum absolute atomic E-state index is 0.225. The summed E-state index contributed by atoms with van der Waals surface area (Å²) in [5, 5.41) is 0. The maximum Gasteiger partial charge on any atom is 0.416 e. The van der Waals surface area contributed by atoms with Crippen molar-refractivity contribution >= 4 is 5.69 Å². The van der Waals surface area contributed by atoms with E-state index in [-0.39, 0.29) is 18.5 Å².